The van der Waals surface area contributed by atoms with Crippen LogP contribution in [0.1, 0.15) is 23.3 Å². The third-order valence-electron chi connectivity index (χ3n) is 5.15. The zero-order valence-corrected chi connectivity index (χ0v) is 13.6. The first-order valence-corrected chi connectivity index (χ1v) is 8.98. The molecule has 118 valence electrons. The maximum Gasteiger partial charge on any atom is 0.157 e. The number of anilines is 1. The van der Waals surface area contributed by atoms with E-state index in [1.807, 2.05) is 23.7 Å². The second kappa shape index (κ2) is 5.04. The van der Waals surface area contributed by atoms with Crippen molar-refractivity contribution >= 4 is 28.1 Å². The molecule has 1 N–H and O–H groups in total. The Labute approximate surface area is 138 Å². The number of rotatable bonds is 1. The zero-order chi connectivity index (χ0) is 15.3. The van der Waals surface area contributed by atoms with Gasteiger partial charge < -0.3 is 9.64 Å². The van der Waals surface area contributed by atoms with Crippen LogP contribution in [-0.4, -0.2) is 34.9 Å². The van der Waals surface area contributed by atoms with E-state index < -0.39 is 0 Å². The molecule has 1 spiro atoms. The zero-order valence-electron chi connectivity index (χ0n) is 12.8. The summed E-state index contributed by atoms with van der Waals surface area (Å²) in [6.45, 7) is 2.86. The molecular formula is C17H18N4OS. The molecule has 0 radical (unpaired) electrons. The van der Waals surface area contributed by atoms with Crippen molar-refractivity contribution < 1.29 is 4.74 Å². The molecule has 1 fully saturated rings. The van der Waals surface area contributed by atoms with Gasteiger partial charge in [0.05, 0.1) is 23.9 Å². The predicted octanol–water partition coefficient (Wildman–Crippen LogP) is 3.09. The van der Waals surface area contributed by atoms with E-state index in [4.69, 9.17) is 4.74 Å². The van der Waals surface area contributed by atoms with Crippen LogP contribution in [0.2, 0.25) is 0 Å². The molecule has 3 aromatic rings. The minimum absolute atomic E-state index is 0.0548. The minimum atomic E-state index is -0.0548. The standard InChI is InChI=1S/C17H18N4OS/c1-6-18-16-13(11-19-20-16)14(1)21-7-4-17(5-8-21)15-12(2-9-22-17)3-10-23-15/h1,3,6,10-11H,2,4-5,7-9H2,(H,18,19,20). The number of aromatic amines is 1. The van der Waals surface area contributed by atoms with Gasteiger partial charge in [-0.15, -0.1) is 11.3 Å². The van der Waals surface area contributed by atoms with Crippen LogP contribution in [0.4, 0.5) is 5.69 Å². The van der Waals surface area contributed by atoms with Crippen LogP contribution in [-0.2, 0) is 16.8 Å². The van der Waals surface area contributed by atoms with E-state index in [0.717, 1.165) is 50.0 Å². The van der Waals surface area contributed by atoms with Crippen LogP contribution in [0, 0.1) is 0 Å². The predicted molar refractivity (Wildman–Crippen MR) is 91.0 cm³/mol. The molecule has 0 amide bonds. The lowest BCUT2D eigenvalue weighted by molar-refractivity contribution is -0.0734. The lowest BCUT2D eigenvalue weighted by atomic mass is 9.85. The molecule has 2 aliphatic rings. The van der Waals surface area contributed by atoms with Gasteiger partial charge in [0.15, 0.2) is 5.65 Å². The number of piperidine rings is 1. The van der Waals surface area contributed by atoms with Gasteiger partial charge in [0.25, 0.3) is 0 Å². The Balaban J connectivity index is 1.45. The summed E-state index contributed by atoms with van der Waals surface area (Å²) in [5.74, 6) is 0. The second-order valence-electron chi connectivity index (χ2n) is 6.32. The maximum absolute atomic E-state index is 6.30. The maximum atomic E-state index is 6.30. The normalized spacial score (nSPS) is 20.1. The van der Waals surface area contributed by atoms with Crippen LogP contribution in [0.15, 0.2) is 29.9 Å². The SMILES string of the molecule is c1cc(N2CCC3(CC2)OCCc2ccsc23)c2cn[nH]c2n1. The quantitative estimate of drug-likeness (QED) is 0.747. The van der Waals surface area contributed by atoms with Crippen molar-refractivity contribution in [3.8, 4) is 0 Å². The molecule has 23 heavy (non-hydrogen) atoms. The number of thiophene rings is 1. The number of nitrogens with zero attached hydrogens (tertiary/aromatic N) is 3. The van der Waals surface area contributed by atoms with Crippen molar-refractivity contribution in [2.24, 2.45) is 0 Å². The summed E-state index contributed by atoms with van der Waals surface area (Å²) in [7, 11) is 0. The number of H-pyrrole nitrogens is 1. The van der Waals surface area contributed by atoms with E-state index in [9.17, 15) is 0 Å². The highest BCUT2D eigenvalue weighted by Gasteiger charge is 2.42. The number of nitrogens with one attached hydrogen (secondary N) is 1. The van der Waals surface area contributed by atoms with E-state index in [1.54, 1.807) is 0 Å². The van der Waals surface area contributed by atoms with E-state index in [0.29, 0.717) is 0 Å². The fraction of sp³-hybridized carbons (Fsp3) is 0.412. The highest BCUT2D eigenvalue weighted by Crippen LogP contribution is 2.45. The summed E-state index contributed by atoms with van der Waals surface area (Å²) in [5, 5.41) is 10.4. The molecule has 0 saturated carbocycles. The fourth-order valence-corrected chi connectivity index (χ4v) is 5.12. The van der Waals surface area contributed by atoms with E-state index in [1.165, 1.54) is 16.1 Å². The Morgan fingerprint density at radius 3 is 3.09 bits per heavy atom. The van der Waals surface area contributed by atoms with Gasteiger partial charge in [0, 0.05) is 24.2 Å². The lowest BCUT2D eigenvalue weighted by Gasteiger charge is -2.44. The largest absolute Gasteiger partial charge is 0.371 e. The third kappa shape index (κ3) is 2.01. The number of pyridine rings is 1. The van der Waals surface area contributed by atoms with Crippen molar-refractivity contribution in [3.63, 3.8) is 0 Å². The fourth-order valence-electron chi connectivity index (χ4n) is 3.95. The topological polar surface area (TPSA) is 54.0 Å². The average molecular weight is 326 g/mol. The molecule has 6 heteroatoms. The number of ether oxygens (including phenoxy) is 1. The summed E-state index contributed by atoms with van der Waals surface area (Å²) < 4.78 is 6.30. The van der Waals surface area contributed by atoms with Crippen molar-refractivity contribution in [2.75, 3.05) is 24.6 Å². The van der Waals surface area contributed by atoms with Crippen LogP contribution in [0.5, 0.6) is 0 Å². The molecule has 0 bridgehead atoms. The summed E-state index contributed by atoms with van der Waals surface area (Å²) in [4.78, 5) is 8.24. The highest BCUT2D eigenvalue weighted by atomic mass is 32.1. The Kier molecular flexibility index (Phi) is 2.96. The number of hydrogen-bond donors (Lipinski definition) is 1. The van der Waals surface area contributed by atoms with Crippen LogP contribution >= 0.6 is 11.3 Å². The van der Waals surface area contributed by atoms with Crippen LogP contribution in [0.25, 0.3) is 11.0 Å². The molecule has 0 aromatic carbocycles. The summed E-state index contributed by atoms with van der Waals surface area (Å²) >= 11 is 1.86. The average Bonchev–Trinajstić information content (AvgIpc) is 3.25. The molecule has 5 heterocycles. The molecule has 1 saturated heterocycles. The van der Waals surface area contributed by atoms with Crippen LogP contribution < -0.4 is 4.90 Å². The molecule has 0 atom stereocenters. The first-order valence-electron chi connectivity index (χ1n) is 8.10. The summed E-state index contributed by atoms with van der Waals surface area (Å²) in [6.07, 6.45) is 6.87. The van der Waals surface area contributed by atoms with E-state index in [-0.39, 0.29) is 5.60 Å². The van der Waals surface area contributed by atoms with Gasteiger partial charge in [-0.25, -0.2) is 4.98 Å². The van der Waals surface area contributed by atoms with E-state index in [2.05, 4.69) is 37.6 Å². The summed E-state index contributed by atoms with van der Waals surface area (Å²) in [6, 6.07) is 4.36. The molecule has 5 rings (SSSR count). The molecular weight excluding hydrogens is 308 g/mol. The Bertz CT molecular complexity index is 847. The molecule has 0 unspecified atom stereocenters. The van der Waals surface area contributed by atoms with Gasteiger partial charge in [-0.2, -0.15) is 5.10 Å². The minimum Gasteiger partial charge on any atom is -0.371 e. The lowest BCUT2D eigenvalue weighted by Crippen LogP contribution is -2.46. The Morgan fingerprint density at radius 2 is 2.17 bits per heavy atom. The van der Waals surface area contributed by atoms with Gasteiger partial charge >= 0.3 is 0 Å². The Hall–Kier alpha value is -1.92. The van der Waals surface area contributed by atoms with Gasteiger partial charge in [0.1, 0.15) is 5.60 Å². The molecule has 3 aromatic heterocycles. The molecule has 0 aliphatic carbocycles. The smallest absolute Gasteiger partial charge is 0.157 e. The first-order chi connectivity index (χ1) is 11.4. The molecule has 2 aliphatic heterocycles. The van der Waals surface area contributed by atoms with Crippen molar-refractivity contribution in [1.29, 1.82) is 0 Å². The van der Waals surface area contributed by atoms with Gasteiger partial charge in [-0.05, 0) is 42.3 Å². The van der Waals surface area contributed by atoms with Gasteiger partial charge in [-0.3, -0.25) is 5.10 Å². The third-order valence-corrected chi connectivity index (χ3v) is 6.30. The highest BCUT2D eigenvalue weighted by molar-refractivity contribution is 7.10. The van der Waals surface area contributed by atoms with Crippen molar-refractivity contribution in [1.82, 2.24) is 15.2 Å². The van der Waals surface area contributed by atoms with Gasteiger partial charge in [-0.1, -0.05) is 0 Å². The van der Waals surface area contributed by atoms with Crippen molar-refractivity contribution in [3.05, 3.63) is 40.3 Å². The molecule has 5 nitrogen and oxygen atoms in total. The van der Waals surface area contributed by atoms with E-state index >= 15 is 0 Å². The van der Waals surface area contributed by atoms with Crippen LogP contribution in [0.3, 0.4) is 0 Å². The first kappa shape index (κ1) is 13.5. The monoisotopic (exact) mass is 326 g/mol. The number of aromatic nitrogens is 3. The number of fused-ring (bicyclic) bond motifs is 3. The second-order valence-corrected chi connectivity index (χ2v) is 7.23. The number of hydrogen-bond acceptors (Lipinski definition) is 5. The van der Waals surface area contributed by atoms with Gasteiger partial charge in [0.2, 0.25) is 0 Å². The Morgan fingerprint density at radius 1 is 1.26 bits per heavy atom. The van der Waals surface area contributed by atoms with Crippen molar-refractivity contribution in [2.45, 2.75) is 24.9 Å². The summed E-state index contributed by atoms with van der Waals surface area (Å²) in [5.41, 5.74) is 3.52.